The molecule has 0 radical (unpaired) electrons. The van der Waals surface area contributed by atoms with Crippen LogP contribution in [0.4, 0.5) is 0 Å². The number of hydrogen-bond donors (Lipinski definition) is 1. The Morgan fingerprint density at radius 3 is 2.52 bits per heavy atom. The number of rotatable bonds is 5. The molecule has 0 aliphatic heterocycles. The van der Waals surface area contributed by atoms with E-state index in [1.807, 2.05) is 11.3 Å². The van der Waals surface area contributed by atoms with Gasteiger partial charge in [0.05, 0.1) is 6.61 Å². The SMILES string of the molecule is COCc1c(CNC(C)C)sc2ccc(C(C)(C)C)cc12. The minimum Gasteiger partial charge on any atom is -0.380 e. The highest BCUT2D eigenvalue weighted by Gasteiger charge is 2.17. The van der Waals surface area contributed by atoms with Gasteiger partial charge < -0.3 is 10.1 Å². The highest BCUT2D eigenvalue weighted by Crippen LogP contribution is 2.35. The second-order valence-corrected chi connectivity index (χ2v) is 8.07. The van der Waals surface area contributed by atoms with Gasteiger partial charge in [0.25, 0.3) is 0 Å². The van der Waals surface area contributed by atoms with E-state index in [1.165, 1.54) is 26.1 Å². The number of fused-ring (bicyclic) bond motifs is 1. The number of benzene rings is 1. The molecule has 2 aromatic rings. The molecule has 3 heteroatoms. The van der Waals surface area contributed by atoms with E-state index in [0.717, 1.165) is 6.54 Å². The maximum absolute atomic E-state index is 5.45. The molecule has 1 N–H and O–H groups in total. The molecule has 2 nitrogen and oxygen atoms in total. The predicted octanol–water partition coefficient (Wildman–Crippen LogP) is 4.84. The second kappa shape index (κ2) is 6.47. The topological polar surface area (TPSA) is 21.3 Å². The molecule has 0 amide bonds. The quantitative estimate of drug-likeness (QED) is 0.853. The third-order valence-electron chi connectivity index (χ3n) is 3.70. The first kappa shape index (κ1) is 16.5. The van der Waals surface area contributed by atoms with E-state index in [0.29, 0.717) is 12.6 Å². The molecule has 0 unspecified atom stereocenters. The molecule has 1 heterocycles. The van der Waals surface area contributed by atoms with Crippen molar-refractivity contribution in [2.75, 3.05) is 7.11 Å². The van der Waals surface area contributed by atoms with Gasteiger partial charge in [-0.3, -0.25) is 0 Å². The monoisotopic (exact) mass is 305 g/mol. The minimum atomic E-state index is 0.177. The summed E-state index contributed by atoms with van der Waals surface area (Å²) in [5.74, 6) is 0. The van der Waals surface area contributed by atoms with E-state index in [1.54, 1.807) is 7.11 Å². The number of thiophene rings is 1. The molecule has 0 aliphatic carbocycles. The molecule has 0 saturated carbocycles. The molecule has 1 aromatic carbocycles. The Hall–Kier alpha value is -0.900. The summed E-state index contributed by atoms with van der Waals surface area (Å²) in [4.78, 5) is 1.40. The van der Waals surface area contributed by atoms with Crippen LogP contribution in [0, 0.1) is 0 Å². The predicted molar refractivity (Wildman–Crippen MR) is 93.2 cm³/mol. The lowest BCUT2D eigenvalue weighted by Gasteiger charge is -2.19. The largest absolute Gasteiger partial charge is 0.380 e. The molecule has 21 heavy (non-hydrogen) atoms. The lowest BCUT2D eigenvalue weighted by atomic mass is 9.86. The zero-order valence-corrected chi connectivity index (χ0v) is 14.9. The van der Waals surface area contributed by atoms with Gasteiger partial charge in [-0.25, -0.2) is 0 Å². The molecule has 2 rings (SSSR count). The number of methoxy groups -OCH3 is 1. The van der Waals surface area contributed by atoms with Crippen molar-refractivity contribution in [1.82, 2.24) is 5.32 Å². The maximum atomic E-state index is 5.45. The summed E-state index contributed by atoms with van der Waals surface area (Å²) in [5.41, 5.74) is 2.90. The fourth-order valence-electron chi connectivity index (χ4n) is 2.41. The van der Waals surface area contributed by atoms with Gasteiger partial charge in [-0.1, -0.05) is 40.7 Å². The second-order valence-electron chi connectivity index (χ2n) is 6.93. The van der Waals surface area contributed by atoms with E-state index in [2.05, 4.69) is 58.1 Å². The minimum absolute atomic E-state index is 0.177. The molecule has 0 spiro atoms. The van der Waals surface area contributed by atoms with Gasteiger partial charge in [-0.15, -0.1) is 11.3 Å². The maximum Gasteiger partial charge on any atom is 0.0730 e. The van der Waals surface area contributed by atoms with Crippen LogP contribution in [0.3, 0.4) is 0 Å². The van der Waals surface area contributed by atoms with Crippen molar-refractivity contribution in [3.63, 3.8) is 0 Å². The van der Waals surface area contributed by atoms with Crippen molar-refractivity contribution in [1.29, 1.82) is 0 Å². The van der Waals surface area contributed by atoms with Gasteiger partial charge >= 0.3 is 0 Å². The highest BCUT2D eigenvalue weighted by atomic mass is 32.1. The highest BCUT2D eigenvalue weighted by molar-refractivity contribution is 7.19. The van der Waals surface area contributed by atoms with E-state index >= 15 is 0 Å². The summed E-state index contributed by atoms with van der Waals surface area (Å²) in [6.07, 6.45) is 0. The fraction of sp³-hybridized carbons (Fsp3) is 0.556. The normalized spacial score (nSPS) is 12.5. The van der Waals surface area contributed by atoms with Gasteiger partial charge in [0.2, 0.25) is 0 Å². The van der Waals surface area contributed by atoms with Gasteiger partial charge in [0.15, 0.2) is 0 Å². The average molecular weight is 305 g/mol. The molecule has 0 atom stereocenters. The summed E-state index contributed by atoms with van der Waals surface area (Å²) < 4.78 is 6.80. The Labute approximate surface area is 132 Å². The summed E-state index contributed by atoms with van der Waals surface area (Å²) in [7, 11) is 1.77. The van der Waals surface area contributed by atoms with Crippen molar-refractivity contribution in [2.45, 2.75) is 59.2 Å². The Morgan fingerprint density at radius 2 is 1.95 bits per heavy atom. The first-order valence-corrected chi connectivity index (χ1v) is 8.41. The Kier molecular flexibility index (Phi) is 5.07. The first-order chi connectivity index (χ1) is 9.82. The molecule has 1 aromatic heterocycles. The number of ether oxygens (including phenoxy) is 1. The van der Waals surface area contributed by atoms with Crippen LogP contribution in [0.15, 0.2) is 18.2 Å². The fourth-order valence-corrected chi connectivity index (χ4v) is 3.55. The van der Waals surface area contributed by atoms with E-state index in [9.17, 15) is 0 Å². The average Bonchev–Trinajstić information content (AvgIpc) is 2.73. The van der Waals surface area contributed by atoms with Crippen LogP contribution in [-0.2, 0) is 23.3 Å². The van der Waals surface area contributed by atoms with Gasteiger partial charge in [-0.2, -0.15) is 0 Å². The molecule has 0 saturated heterocycles. The van der Waals surface area contributed by atoms with Gasteiger partial charge in [0.1, 0.15) is 0 Å². The van der Waals surface area contributed by atoms with E-state index in [-0.39, 0.29) is 5.41 Å². The van der Waals surface area contributed by atoms with Crippen molar-refractivity contribution >= 4 is 21.4 Å². The van der Waals surface area contributed by atoms with Crippen LogP contribution < -0.4 is 5.32 Å². The molecule has 0 bridgehead atoms. The molecule has 0 fully saturated rings. The molecular weight excluding hydrogens is 278 g/mol. The van der Waals surface area contributed by atoms with Crippen LogP contribution in [-0.4, -0.2) is 13.2 Å². The third kappa shape index (κ3) is 3.85. The van der Waals surface area contributed by atoms with E-state index in [4.69, 9.17) is 4.74 Å². The molecular formula is C18H27NOS. The van der Waals surface area contributed by atoms with Crippen molar-refractivity contribution in [3.05, 3.63) is 34.2 Å². The summed E-state index contributed by atoms with van der Waals surface area (Å²) in [5, 5.41) is 4.88. The van der Waals surface area contributed by atoms with Crippen molar-refractivity contribution in [2.24, 2.45) is 0 Å². The van der Waals surface area contributed by atoms with Gasteiger partial charge in [-0.05, 0) is 28.5 Å². The van der Waals surface area contributed by atoms with Crippen LogP contribution in [0.5, 0.6) is 0 Å². The molecule has 0 aliphatic rings. The zero-order valence-electron chi connectivity index (χ0n) is 14.0. The summed E-state index contributed by atoms with van der Waals surface area (Å²) >= 11 is 1.88. The van der Waals surface area contributed by atoms with Crippen LogP contribution >= 0.6 is 11.3 Å². The Balaban J connectivity index is 2.48. The summed E-state index contributed by atoms with van der Waals surface area (Å²) in [6, 6.07) is 7.36. The number of hydrogen-bond acceptors (Lipinski definition) is 3. The lowest BCUT2D eigenvalue weighted by Crippen LogP contribution is -2.21. The zero-order chi connectivity index (χ0) is 15.6. The molecule has 116 valence electrons. The van der Waals surface area contributed by atoms with Crippen LogP contribution in [0.1, 0.15) is 50.6 Å². The number of nitrogens with one attached hydrogen (secondary N) is 1. The van der Waals surface area contributed by atoms with Crippen LogP contribution in [0.25, 0.3) is 10.1 Å². The standard InChI is InChI=1S/C18H27NOS/c1-12(2)19-10-17-15(11-20-6)14-9-13(18(3,4)5)7-8-16(14)21-17/h7-9,12,19H,10-11H2,1-6H3. The van der Waals surface area contributed by atoms with Crippen molar-refractivity contribution < 1.29 is 4.74 Å². The first-order valence-electron chi connectivity index (χ1n) is 7.60. The Bertz CT molecular complexity index is 607. The Morgan fingerprint density at radius 1 is 1.24 bits per heavy atom. The van der Waals surface area contributed by atoms with Crippen LogP contribution in [0.2, 0.25) is 0 Å². The van der Waals surface area contributed by atoms with Gasteiger partial charge in [0, 0.05) is 34.8 Å². The summed E-state index contributed by atoms with van der Waals surface area (Å²) in [6.45, 7) is 12.7. The third-order valence-corrected chi connectivity index (χ3v) is 4.91. The van der Waals surface area contributed by atoms with E-state index < -0.39 is 0 Å². The lowest BCUT2D eigenvalue weighted by molar-refractivity contribution is 0.185. The van der Waals surface area contributed by atoms with Crippen molar-refractivity contribution in [3.8, 4) is 0 Å². The smallest absolute Gasteiger partial charge is 0.0730 e.